The van der Waals surface area contributed by atoms with Crippen molar-refractivity contribution in [3.63, 3.8) is 0 Å². The van der Waals surface area contributed by atoms with Crippen LogP contribution in [0.25, 0.3) is 6.08 Å². The summed E-state index contributed by atoms with van der Waals surface area (Å²) in [6, 6.07) is 7.71. The van der Waals surface area contributed by atoms with Gasteiger partial charge in [0.15, 0.2) is 0 Å². The van der Waals surface area contributed by atoms with Crippen LogP contribution in [-0.2, 0) is 20.9 Å². The molecule has 1 N–H and O–H groups in total. The Hall–Kier alpha value is -1.65. The van der Waals surface area contributed by atoms with Crippen LogP contribution >= 0.6 is 0 Å². The lowest BCUT2D eigenvalue weighted by Crippen LogP contribution is -2.27. The van der Waals surface area contributed by atoms with Crippen LogP contribution in [0.2, 0.25) is 0 Å². The normalized spacial score (nSPS) is 22.5. The van der Waals surface area contributed by atoms with Gasteiger partial charge in [0, 0.05) is 13.2 Å². The summed E-state index contributed by atoms with van der Waals surface area (Å²) >= 11 is 0. The highest BCUT2D eigenvalue weighted by Crippen LogP contribution is 2.24. The first-order chi connectivity index (χ1) is 10.2. The van der Waals surface area contributed by atoms with Crippen molar-refractivity contribution in [2.24, 2.45) is 0 Å². The van der Waals surface area contributed by atoms with Gasteiger partial charge in [-0.05, 0) is 42.9 Å². The minimum atomic E-state index is -0.944. The predicted molar refractivity (Wildman–Crippen MR) is 81.0 cm³/mol. The van der Waals surface area contributed by atoms with Gasteiger partial charge in [0.25, 0.3) is 0 Å². The molecule has 1 aromatic rings. The summed E-state index contributed by atoms with van der Waals surface area (Å²) in [6.07, 6.45) is 7.51. The van der Waals surface area contributed by atoms with Crippen molar-refractivity contribution in [3.8, 4) is 0 Å². The van der Waals surface area contributed by atoms with Gasteiger partial charge in [0.1, 0.15) is 0 Å². The van der Waals surface area contributed by atoms with Gasteiger partial charge in [-0.1, -0.05) is 24.3 Å². The number of carboxylic acid groups (broad SMARTS) is 1. The second-order valence-electron chi connectivity index (χ2n) is 5.33. The number of hydrogen-bond donors (Lipinski definition) is 1. The van der Waals surface area contributed by atoms with Gasteiger partial charge in [0.05, 0.1) is 18.8 Å². The molecule has 0 radical (unpaired) electrons. The summed E-state index contributed by atoms with van der Waals surface area (Å²) in [7, 11) is 1.75. The molecule has 0 aliphatic heterocycles. The van der Waals surface area contributed by atoms with Gasteiger partial charge >= 0.3 is 5.97 Å². The van der Waals surface area contributed by atoms with Gasteiger partial charge in [-0.2, -0.15) is 0 Å². The molecule has 0 aromatic heterocycles. The van der Waals surface area contributed by atoms with Gasteiger partial charge in [0.2, 0.25) is 0 Å². The minimum absolute atomic E-state index is 0.222. The van der Waals surface area contributed by atoms with E-state index in [1.165, 1.54) is 0 Å². The van der Waals surface area contributed by atoms with Crippen LogP contribution in [0.1, 0.15) is 36.8 Å². The first kappa shape index (κ1) is 15.7. The van der Waals surface area contributed by atoms with Gasteiger partial charge < -0.3 is 14.6 Å². The molecule has 4 nitrogen and oxygen atoms in total. The molecule has 0 bridgehead atoms. The number of rotatable bonds is 6. The zero-order chi connectivity index (χ0) is 15.1. The Morgan fingerprint density at radius 3 is 2.86 bits per heavy atom. The molecule has 4 heteroatoms. The monoisotopic (exact) mass is 290 g/mol. The molecule has 1 saturated carbocycles. The van der Waals surface area contributed by atoms with Crippen LogP contribution in [0.15, 0.2) is 30.3 Å². The van der Waals surface area contributed by atoms with Crippen LogP contribution in [0.5, 0.6) is 0 Å². The third kappa shape index (κ3) is 4.99. The van der Waals surface area contributed by atoms with E-state index < -0.39 is 5.97 Å². The second kappa shape index (κ2) is 7.96. The Labute approximate surface area is 125 Å². The van der Waals surface area contributed by atoms with Crippen LogP contribution < -0.4 is 0 Å². The van der Waals surface area contributed by atoms with Crippen molar-refractivity contribution < 1.29 is 19.4 Å². The molecule has 21 heavy (non-hydrogen) atoms. The lowest BCUT2D eigenvalue weighted by Gasteiger charge is -2.28. The maximum atomic E-state index is 10.6. The van der Waals surface area contributed by atoms with Crippen molar-refractivity contribution in [2.45, 2.75) is 44.5 Å². The van der Waals surface area contributed by atoms with Crippen LogP contribution in [-0.4, -0.2) is 30.4 Å². The highest BCUT2D eigenvalue weighted by molar-refractivity contribution is 5.85. The smallest absolute Gasteiger partial charge is 0.328 e. The average molecular weight is 290 g/mol. The summed E-state index contributed by atoms with van der Waals surface area (Å²) in [5, 5.41) is 8.72. The lowest BCUT2D eigenvalue weighted by atomic mass is 9.95. The Kier molecular flexibility index (Phi) is 5.96. The van der Waals surface area contributed by atoms with E-state index in [1.807, 2.05) is 24.3 Å². The standard InChI is InChI=1S/C17H22O4/c1-20-15-7-4-8-16(11-15)21-12-14-6-3-2-5-13(14)9-10-17(18)19/h2-3,5-6,9-10,15-16H,4,7-8,11-12H2,1H3,(H,18,19). The molecule has 2 atom stereocenters. The van der Waals surface area contributed by atoms with Crippen molar-refractivity contribution in [2.75, 3.05) is 7.11 Å². The molecule has 0 heterocycles. The zero-order valence-electron chi connectivity index (χ0n) is 12.3. The van der Waals surface area contributed by atoms with Crippen LogP contribution in [0, 0.1) is 0 Å². The molecule has 0 saturated heterocycles. The number of methoxy groups -OCH3 is 1. The maximum Gasteiger partial charge on any atom is 0.328 e. The largest absolute Gasteiger partial charge is 0.478 e. The molecule has 2 rings (SSSR count). The molecule has 2 unspecified atom stereocenters. The Morgan fingerprint density at radius 1 is 1.33 bits per heavy atom. The minimum Gasteiger partial charge on any atom is -0.478 e. The zero-order valence-corrected chi connectivity index (χ0v) is 12.3. The number of benzene rings is 1. The SMILES string of the molecule is COC1CCCC(OCc2ccccc2C=CC(=O)O)C1. The first-order valence-corrected chi connectivity index (χ1v) is 7.32. The summed E-state index contributed by atoms with van der Waals surface area (Å²) in [5.74, 6) is -0.944. The highest BCUT2D eigenvalue weighted by atomic mass is 16.5. The predicted octanol–water partition coefficient (Wildman–Crippen LogP) is 3.26. The number of carbonyl (C=O) groups is 1. The van der Waals surface area contributed by atoms with E-state index in [9.17, 15) is 4.79 Å². The van der Waals surface area contributed by atoms with Crippen molar-refractivity contribution in [3.05, 3.63) is 41.5 Å². The number of hydrogen-bond acceptors (Lipinski definition) is 3. The highest BCUT2D eigenvalue weighted by Gasteiger charge is 2.22. The fraction of sp³-hybridized carbons (Fsp3) is 0.471. The quantitative estimate of drug-likeness (QED) is 0.817. The van der Waals surface area contributed by atoms with Crippen molar-refractivity contribution in [1.29, 1.82) is 0 Å². The van der Waals surface area contributed by atoms with E-state index in [0.717, 1.165) is 42.9 Å². The number of carboxylic acids is 1. The third-order valence-corrected chi connectivity index (χ3v) is 3.85. The van der Waals surface area contributed by atoms with Crippen molar-refractivity contribution in [1.82, 2.24) is 0 Å². The molecule has 1 aromatic carbocycles. The summed E-state index contributed by atoms with van der Waals surface area (Å²) in [5.41, 5.74) is 1.90. The molecular weight excluding hydrogens is 268 g/mol. The fourth-order valence-electron chi connectivity index (χ4n) is 2.66. The first-order valence-electron chi connectivity index (χ1n) is 7.32. The summed E-state index contributed by atoms with van der Waals surface area (Å²) in [4.78, 5) is 10.6. The van der Waals surface area contributed by atoms with Gasteiger partial charge in [-0.3, -0.25) is 0 Å². The molecule has 1 aliphatic rings. The maximum absolute atomic E-state index is 10.6. The van der Waals surface area contributed by atoms with Crippen LogP contribution in [0.4, 0.5) is 0 Å². The number of aliphatic carboxylic acids is 1. The number of ether oxygens (including phenoxy) is 2. The van der Waals surface area contributed by atoms with E-state index in [1.54, 1.807) is 13.2 Å². The summed E-state index contributed by atoms with van der Waals surface area (Å²) in [6.45, 7) is 0.501. The Balaban J connectivity index is 1.95. The molecule has 1 aliphatic carbocycles. The molecule has 1 fully saturated rings. The summed E-state index contributed by atoms with van der Waals surface area (Å²) < 4.78 is 11.4. The van der Waals surface area contributed by atoms with Crippen LogP contribution in [0.3, 0.4) is 0 Å². The molecule has 0 spiro atoms. The van der Waals surface area contributed by atoms with E-state index in [-0.39, 0.29) is 6.10 Å². The van der Waals surface area contributed by atoms with E-state index >= 15 is 0 Å². The molecular formula is C17H22O4. The van der Waals surface area contributed by atoms with Gasteiger partial charge in [-0.15, -0.1) is 0 Å². The Bertz CT molecular complexity index is 495. The third-order valence-electron chi connectivity index (χ3n) is 3.85. The molecule has 0 amide bonds. The van der Waals surface area contributed by atoms with Crippen molar-refractivity contribution >= 4 is 12.0 Å². The van der Waals surface area contributed by atoms with E-state index in [2.05, 4.69) is 0 Å². The van der Waals surface area contributed by atoms with E-state index in [4.69, 9.17) is 14.6 Å². The van der Waals surface area contributed by atoms with E-state index in [0.29, 0.717) is 12.7 Å². The molecule has 114 valence electrons. The average Bonchev–Trinajstić information content (AvgIpc) is 2.52. The topological polar surface area (TPSA) is 55.8 Å². The van der Waals surface area contributed by atoms with Gasteiger partial charge in [-0.25, -0.2) is 4.79 Å². The second-order valence-corrected chi connectivity index (χ2v) is 5.33. The Morgan fingerprint density at radius 2 is 2.10 bits per heavy atom. The lowest BCUT2D eigenvalue weighted by molar-refractivity contribution is -0.131. The fourth-order valence-corrected chi connectivity index (χ4v) is 2.66.